The molecule has 2 aromatic rings. The van der Waals surface area contributed by atoms with Gasteiger partial charge in [0.25, 0.3) is 0 Å². The highest BCUT2D eigenvalue weighted by atomic mass is 16.4. The molecule has 1 aromatic carbocycles. The second-order valence-corrected chi connectivity index (χ2v) is 5.56. The second-order valence-electron chi connectivity index (χ2n) is 5.56. The summed E-state index contributed by atoms with van der Waals surface area (Å²) in [5.41, 5.74) is -0.545. The highest BCUT2D eigenvalue weighted by molar-refractivity contribution is 5.92. The Hall–Kier alpha value is -2.37. The smallest absolute Gasteiger partial charge is 0.335 e. The zero-order chi connectivity index (χ0) is 15.2. The zero-order valence-electron chi connectivity index (χ0n) is 11.7. The summed E-state index contributed by atoms with van der Waals surface area (Å²) in [6, 6.07) is 4.43. The monoisotopic (exact) mass is 288 g/mol. The van der Waals surface area contributed by atoms with E-state index in [0.29, 0.717) is 11.0 Å². The first-order valence-electron chi connectivity index (χ1n) is 7.01. The number of aromatic amines is 1. The number of hydrogen-bond donors (Lipinski definition) is 2. The van der Waals surface area contributed by atoms with Gasteiger partial charge in [-0.2, -0.15) is 0 Å². The van der Waals surface area contributed by atoms with E-state index in [1.54, 1.807) is 0 Å². The first-order valence-corrected chi connectivity index (χ1v) is 7.01. The zero-order valence-corrected chi connectivity index (χ0v) is 11.7. The van der Waals surface area contributed by atoms with Gasteiger partial charge in [0.2, 0.25) is 0 Å². The highest BCUT2D eigenvalue weighted by Gasteiger charge is 2.39. The predicted octanol–water partition coefficient (Wildman–Crippen LogP) is 1.68. The number of nitrogens with zero attached hydrogens (tertiary/aromatic N) is 1. The van der Waals surface area contributed by atoms with Crippen LogP contribution < -0.4 is 11.1 Å². The normalized spacial score (nSPS) is 16.6. The van der Waals surface area contributed by atoms with Crippen LogP contribution in [0, 0.1) is 0 Å². The molecular formula is C15H16N2O4. The molecule has 1 saturated carbocycles. The van der Waals surface area contributed by atoms with Crippen LogP contribution in [0.5, 0.6) is 0 Å². The van der Waals surface area contributed by atoms with Gasteiger partial charge in [0.05, 0.1) is 16.6 Å². The Morgan fingerprint density at radius 3 is 2.62 bits per heavy atom. The van der Waals surface area contributed by atoms with Crippen LogP contribution in [0.4, 0.5) is 0 Å². The number of aromatic carboxylic acids is 1. The molecule has 0 spiro atoms. The van der Waals surface area contributed by atoms with Crippen molar-refractivity contribution in [3.63, 3.8) is 0 Å². The lowest BCUT2D eigenvalue weighted by Gasteiger charge is -2.43. The van der Waals surface area contributed by atoms with Crippen molar-refractivity contribution in [3.05, 3.63) is 44.5 Å². The second kappa shape index (κ2) is 4.58. The molecule has 0 atom stereocenters. The third-order valence-corrected chi connectivity index (χ3v) is 4.55. The average molecular weight is 288 g/mol. The molecular weight excluding hydrogens is 272 g/mol. The number of nitrogens with one attached hydrogen (secondary N) is 1. The molecule has 0 aliphatic heterocycles. The molecule has 0 radical (unpaired) electrons. The first kappa shape index (κ1) is 13.6. The summed E-state index contributed by atoms with van der Waals surface area (Å²) in [6.45, 7) is 1.99. The topological polar surface area (TPSA) is 92.2 Å². The number of H-pyrrole nitrogens is 1. The average Bonchev–Trinajstić information content (AvgIpc) is 2.41. The van der Waals surface area contributed by atoms with E-state index < -0.39 is 17.1 Å². The molecule has 6 nitrogen and oxygen atoms in total. The Morgan fingerprint density at radius 1 is 1.38 bits per heavy atom. The molecule has 1 aromatic heterocycles. The molecule has 1 fully saturated rings. The van der Waals surface area contributed by atoms with Crippen LogP contribution in [0.2, 0.25) is 0 Å². The van der Waals surface area contributed by atoms with E-state index >= 15 is 0 Å². The van der Waals surface area contributed by atoms with Crippen LogP contribution in [0.3, 0.4) is 0 Å². The van der Waals surface area contributed by atoms with Crippen molar-refractivity contribution in [3.8, 4) is 0 Å². The molecule has 110 valence electrons. The van der Waals surface area contributed by atoms with Gasteiger partial charge >= 0.3 is 17.1 Å². The maximum absolute atomic E-state index is 12.3. The molecule has 21 heavy (non-hydrogen) atoms. The summed E-state index contributed by atoms with van der Waals surface area (Å²) >= 11 is 0. The molecule has 0 bridgehead atoms. The van der Waals surface area contributed by atoms with Gasteiger partial charge in [0, 0.05) is 5.54 Å². The minimum atomic E-state index is -1.05. The Bertz CT molecular complexity index is 837. The van der Waals surface area contributed by atoms with Crippen molar-refractivity contribution in [1.29, 1.82) is 0 Å². The number of carboxylic acid groups (broad SMARTS) is 1. The molecule has 0 amide bonds. The fourth-order valence-corrected chi connectivity index (χ4v) is 3.13. The fraction of sp³-hybridized carbons (Fsp3) is 0.400. The van der Waals surface area contributed by atoms with Crippen LogP contribution in [-0.2, 0) is 5.54 Å². The largest absolute Gasteiger partial charge is 0.478 e. The van der Waals surface area contributed by atoms with Crippen molar-refractivity contribution in [2.45, 2.75) is 38.1 Å². The van der Waals surface area contributed by atoms with Gasteiger partial charge in [-0.15, -0.1) is 0 Å². The highest BCUT2D eigenvalue weighted by Crippen LogP contribution is 2.42. The molecule has 1 heterocycles. The Kier molecular flexibility index (Phi) is 2.97. The van der Waals surface area contributed by atoms with Gasteiger partial charge in [-0.1, -0.05) is 6.92 Å². The molecule has 1 aliphatic rings. The quantitative estimate of drug-likeness (QED) is 0.840. The van der Waals surface area contributed by atoms with E-state index in [1.807, 2.05) is 6.92 Å². The Balaban J connectivity index is 2.42. The summed E-state index contributed by atoms with van der Waals surface area (Å²) in [5, 5.41) is 9.13. The first-order chi connectivity index (χ1) is 9.98. The summed E-state index contributed by atoms with van der Waals surface area (Å²) in [4.78, 5) is 37.9. The number of aromatic nitrogens is 2. The summed E-state index contributed by atoms with van der Waals surface area (Å²) in [7, 11) is 0. The molecule has 6 heteroatoms. The van der Waals surface area contributed by atoms with Gasteiger partial charge in [-0.05, 0) is 43.9 Å². The van der Waals surface area contributed by atoms with Gasteiger partial charge in [-0.3, -0.25) is 14.2 Å². The fourth-order valence-electron chi connectivity index (χ4n) is 3.13. The van der Waals surface area contributed by atoms with Gasteiger partial charge in [0.1, 0.15) is 0 Å². The molecule has 3 rings (SSSR count). The molecule has 0 saturated heterocycles. The summed E-state index contributed by atoms with van der Waals surface area (Å²) in [6.07, 6.45) is 3.41. The lowest BCUT2D eigenvalue weighted by molar-refractivity contribution is 0.0697. The predicted molar refractivity (Wildman–Crippen MR) is 77.9 cm³/mol. The van der Waals surface area contributed by atoms with Crippen molar-refractivity contribution >= 4 is 17.0 Å². The lowest BCUT2D eigenvalue weighted by atomic mass is 9.74. The summed E-state index contributed by atoms with van der Waals surface area (Å²) < 4.78 is 1.51. The van der Waals surface area contributed by atoms with E-state index in [4.69, 9.17) is 5.11 Å². The van der Waals surface area contributed by atoms with Crippen LogP contribution in [-0.4, -0.2) is 20.6 Å². The van der Waals surface area contributed by atoms with Crippen molar-refractivity contribution in [2.75, 3.05) is 0 Å². The lowest BCUT2D eigenvalue weighted by Crippen LogP contribution is -2.50. The number of hydrogen-bond acceptors (Lipinski definition) is 3. The van der Waals surface area contributed by atoms with Crippen LogP contribution >= 0.6 is 0 Å². The standard InChI is InChI=1S/C15H16N2O4/c1-2-15(6-3-7-15)17-11-8-9(14(20)21)4-5-10(11)16-12(18)13(17)19/h4-5,8H,2-3,6-7H2,1H3,(H,16,18)(H,20,21). The van der Waals surface area contributed by atoms with Crippen LogP contribution in [0.25, 0.3) is 11.0 Å². The molecule has 1 aliphatic carbocycles. The van der Waals surface area contributed by atoms with E-state index in [9.17, 15) is 14.4 Å². The molecule has 2 N–H and O–H groups in total. The van der Waals surface area contributed by atoms with E-state index in [0.717, 1.165) is 25.7 Å². The van der Waals surface area contributed by atoms with E-state index in [1.165, 1.54) is 22.8 Å². The van der Waals surface area contributed by atoms with Crippen molar-refractivity contribution in [2.24, 2.45) is 0 Å². The number of carbonyl (C=O) groups is 1. The Labute approximate surface area is 120 Å². The SMILES string of the molecule is CCC1(n2c(=O)c(=O)[nH]c3ccc(C(=O)O)cc32)CCC1. The third-order valence-electron chi connectivity index (χ3n) is 4.55. The maximum Gasteiger partial charge on any atom is 0.335 e. The molecule has 0 unspecified atom stereocenters. The summed E-state index contributed by atoms with van der Waals surface area (Å²) in [5.74, 6) is -1.05. The number of rotatable bonds is 3. The number of benzene rings is 1. The maximum atomic E-state index is 12.3. The van der Waals surface area contributed by atoms with Gasteiger partial charge in [-0.25, -0.2) is 4.79 Å². The third kappa shape index (κ3) is 1.90. The number of fused-ring (bicyclic) bond motifs is 1. The van der Waals surface area contributed by atoms with E-state index in [2.05, 4.69) is 4.98 Å². The van der Waals surface area contributed by atoms with Crippen LogP contribution in [0.1, 0.15) is 43.0 Å². The number of carboxylic acids is 1. The van der Waals surface area contributed by atoms with Gasteiger partial charge in [0.15, 0.2) is 0 Å². The minimum absolute atomic E-state index is 0.105. The van der Waals surface area contributed by atoms with E-state index in [-0.39, 0.29) is 11.1 Å². The Morgan fingerprint density at radius 2 is 2.10 bits per heavy atom. The van der Waals surface area contributed by atoms with Crippen LogP contribution in [0.15, 0.2) is 27.8 Å². The van der Waals surface area contributed by atoms with Crippen molar-refractivity contribution < 1.29 is 9.90 Å². The van der Waals surface area contributed by atoms with Crippen molar-refractivity contribution in [1.82, 2.24) is 9.55 Å². The minimum Gasteiger partial charge on any atom is -0.478 e. The van der Waals surface area contributed by atoms with Gasteiger partial charge < -0.3 is 10.1 Å².